The van der Waals surface area contributed by atoms with Gasteiger partial charge in [0.2, 0.25) is 0 Å². The molecule has 0 saturated carbocycles. The van der Waals surface area contributed by atoms with Gasteiger partial charge in [0, 0.05) is 17.6 Å². The van der Waals surface area contributed by atoms with E-state index in [1.54, 1.807) is 24.3 Å². The maximum Gasteiger partial charge on any atom is 0.399 e. The number of nitrogens with zero attached hydrogens (tertiary/aromatic N) is 2. The Morgan fingerprint density at radius 1 is 1.28 bits per heavy atom. The van der Waals surface area contributed by atoms with Crippen LogP contribution in [0.5, 0.6) is 11.8 Å². The van der Waals surface area contributed by atoms with E-state index in [2.05, 4.69) is 22.1 Å². The van der Waals surface area contributed by atoms with Crippen LogP contribution in [0.25, 0.3) is 0 Å². The van der Waals surface area contributed by atoms with Crippen LogP contribution in [0.2, 0.25) is 0 Å². The van der Waals surface area contributed by atoms with Gasteiger partial charge in [-0.25, -0.2) is 0 Å². The number of amides is 1. The third-order valence-electron chi connectivity index (χ3n) is 5.40. The van der Waals surface area contributed by atoms with Gasteiger partial charge in [0.05, 0.1) is 5.69 Å². The van der Waals surface area contributed by atoms with Crippen molar-refractivity contribution in [3.8, 4) is 11.8 Å². The first-order valence-corrected chi connectivity index (χ1v) is 8.85. The van der Waals surface area contributed by atoms with E-state index in [9.17, 15) is 4.79 Å². The molecule has 1 aromatic carbocycles. The summed E-state index contributed by atoms with van der Waals surface area (Å²) < 4.78 is 10.7. The normalized spacial score (nSPS) is 27.9. The molecule has 6 nitrogen and oxygen atoms in total. The highest BCUT2D eigenvalue weighted by molar-refractivity contribution is 5.94. The lowest BCUT2D eigenvalue weighted by molar-refractivity contribution is 0.0217. The van der Waals surface area contributed by atoms with E-state index < -0.39 is 0 Å². The van der Waals surface area contributed by atoms with E-state index in [0.717, 1.165) is 18.8 Å². The number of benzene rings is 1. The number of rotatable bonds is 4. The fourth-order valence-corrected chi connectivity index (χ4v) is 3.93. The number of piperidine rings is 3. The highest BCUT2D eigenvalue weighted by atomic mass is 16.6. The van der Waals surface area contributed by atoms with E-state index in [-0.39, 0.29) is 18.0 Å². The molecule has 0 aliphatic carbocycles. The molecule has 4 heterocycles. The Labute approximate surface area is 147 Å². The van der Waals surface area contributed by atoms with Crippen molar-refractivity contribution in [1.82, 2.24) is 15.2 Å². The zero-order chi connectivity index (χ0) is 17.4. The summed E-state index contributed by atoms with van der Waals surface area (Å²) in [4.78, 5) is 19.2. The summed E-state index contributed by atoms with van der Waals surface area (Å²) >= 11 is 0. The maximum atomic E-state index is 12.6. The third-order valence-corrected chi connectivity index (χ3v) is 5.40. The number of carbonyl (C=O) groups excluding carboxylic acids is 1. The number of ether oxygens (including phenoxy) is 1. The minimum absolute atomic E-state index is 0.0240. The number of carbonyl (C=O) groups is 1. The van der Waals surface area contributed by atoms with Crippen LogP contribution in [-0.4, -0.2) is 41.0 Å². The molecular weight excluding hydrogens is 318 g/mol. The summed E-state index contributed by atoms with van der Waals surface area (Å²) in [6.07, 6.45) is 4.09. The van der Waals surface area contributed by atoms with Gasteiger partial charge in [0.25, 0.3) is 5.91 Å². The lowest BCUT2D eigenvalue weighted by Gasteiger charge is -2.49. The number of aryl methyl sites for hydroxylation is 1. The van der Waals surface area contributed by atoms with E-state index in [1.165, 1.54) is 19.1 Å². The number of aromatic nitrogens is 1. The van der Waals surface area contributed by atoms with Gasteiger partial charge in [0.15, 0.2) is 0 Å². The molecular formula is C19H23N3O3. The molecule has 3 fully saturated rings. The quantitative estimate of drug-likeness (QED) is 0.926. The summed E-state index contributed by atoms with van der Waals surface area (Å²) in [6.45, 7) is 6.36. The first-order chi connectivity index (χ1) is 12.1. The van der Waals surface area contributed by atoms with Crippen molar-refractivity contribution in [3.05, 3.63) is 41.8 Å². The average molecular weight is 341 g/mol. The Morgan fingerprint density at radius 3 is 2.60 bits per heavy atom. The lowest BCUT2D eigenvalue weighted by atomic mass is 9.79. The first kappa shape index (κ1) is 16.1. The number of fused-ring (bicyclic) bond motifs is 3. The van der Waals surface area contributed by atoms with Crippen LogP contribution < -0.4 is 10.1 Å². The van der Waals surface area contributed by atoms with Crippen molar-refractivity contribution < 1.29 is 13.9 Å². The maximum absolute atomic E-state index is 12.6. The highest BCUT2D eigenvalue weighted by Gasteiger charge is 2.40. The summed E-state index contributed by atoms with van der Waals surface area (Å²) in [6, 6.07) is 7.70. The van der Waals surface area contributed by atoms with Crippen LogP contribution >= 0.6 is 0 Å². The molecule has 3 saturated heterocycles. The van der Waals surface area contributed by atoms with Gasteiger partial charge in [-0.3, -0.25) is 9.69 Å². The number of oxazole rings is 1. The van der Waals surface area contributed by atoms with Gasteiger partial charge in [-0.1, -0.05) is 0 Å². The highest BCUT2D eigenvalue weighted by Crippen LogP contribution is 2.32. The monoisotopic (exact) mass is 341 g/mol. The van der Waals surface area contributed by atoms with Crippen molar-refractivity contribution in [2.45, 2.75) is 38.8 Å². The van der Waals surface area contributed by atoms with Crippen molar-refractivity contribution in [3.63, 3.8) is 0 Å². The van der Waals surface area contributed by atoms with E-state index in [0.29, 0.717) is 23.3 Å². The Balaban J connectivity index is 1.40. The molecule has 3 aliphatic rings. The van der Waals surface area contributed by atoms with Gasteiger partial charge in [-0.05, 0) is 70.0 Å². The zero-order valence-corrected chi connectivity index (χ0v) is 14.6. The van der Waals surface area contributed by atoms with Crippen molar-refractivity contribution >= 4 is 5.91 Å². The largest absolute Gasteiger partial charge is 0.417 e. The fourth-order valence-electron chi connectivity index (χ4n) is 3.93. The Morgan fingerprint density at radius 2 is 2.00 bits per heavy atom. The molecule has 2 unspecified atom stereocenters. The van der Waals surface area contributed by atoms with Crippen LogP contribution in [0.15, 0.2) is 34.9 Å². The molecule has 2 atom stereocenters. The second-order valence-electron chi connectivity index (χ2n) is 6.99. The summed E-state index contributed by atoms with van der Waals surface area (Å²) in [7, 11) is 0. The average Bonchev–Trinajstić information content (AvgIpc) is 3.04. The standard InChI is InChI=1S/C19H23N3O3/c1-12-11-24-19(20-12)25-16-5-3-15(4-6-16)18(23)21-17-13(2)22-9-7-14(17)8-10-22/h3-6,11,13-14,17H,7-10H2,1-2H3,(H,21,23). The number of hydrogen-bond donors (Lipinski definition) is 1. The minimum Gasteiger partial charge on any atom is -0.417 e. The number of hydrogen-bond acceptors (Lipinski definition) is 5. The molecule has 3 aliphatic heterocycles. The molecule has 1 aromatic heterocycles. The topological polar surface area (TPSA) is 67.6 Å². The Hall–Kier alpha value is -2.34. The minimum atomic E-state index is -0.0240. The number of nitrogens with one attached hydrogen (secondary N) is 1. The second kappa shape index (κ2) is 6.52. The van der Waals surface area contributed by atoms with Gasteiger partial charge in [-0.2, -0.15) is 4.98 Å². The Kier molecular flexibility index (Phi) is 4.21. The van der Waals surface area contributed by atoms with E-state index in [1.807, 2.05) is 6.92 Å². The molecule has 2 bridgehead atoms. The molecule has 5 rings (SSSR count). The molecule has 0 radical (unpaired) electrons. The molecule has 25 heavy (non-hydrogen) atoms. The van der Waals surface area contributed by atoms with Gasteiger partial charge in [0.1, 0.15) is 12.0 Å². The summed E-state index contributed by atoms with van der Waals surface area (Å²) in [5.74, 6) is 1.17. The SMILES string of the molecule is Cc1coc(Oc2ccc(C(=O)NC3C4CCN(CC4)C3C)cc2)n1. The van der Waals surface area contributed by atoms with Crippen LogP contribution in [0.4, 0.5) is 0 Å². The van der Waals surface area contributed by atoms with Gasteiger partial charge in [-0.15, -0.1) is 0 Å². The summed E-state index contributed by atoms with van der Waals surface area (Å²) in [5.41, 5.74) is 1.40. The molecule has 0 spiro atoms. The smallest absolute Gasteiger partial charge is 0.399 e. The van der Waals surface area contributed by atoms with Crippen LogP contribution in [0, 0.1) is 12.8 Å². The lowest BCUT2D eigenvalue weighted by Crippen LogP contribution is -2.62. The Bertz CT molecular complexity index is 746. The van der Waals surface area contributed by atoms with E-state index >= 15 is 0 Å². The van der Waals surface area contributed by atoms with Gasteiger partial charge < -0.3 is 14.5 Å². The molecule has 1 N–H and O–H groups in total. The predicted octanol–water partition coefficient (Wildman–Crippen LogP) is 2.99. The van der Waals surface area contributed by atoms with Gasteiger partial charge >= 0.3 is 6.08 Å². The molecule has 1 amide bonds. The predicted molar refractivity (Wildman–Crippen MR) is 92.8 cm³/mol. The van der Waals surface area contributed by atoms with Crippen molar-refractivity contribution in [1.29, 1.82) is 0 Å². The molecule has 6 heteroatoms. The third kappa shape index (κ3) is 3.26. The zero-order valence-electron chi connectivity index (χ0n) is 14.6. The molecule has 2 aromatic rings. The van der Waals surface area contributed by atoms with Crippen LogP contribution in [0.1, 0.15) is 35.8 Å². The first-order valence-electron chi connectivity index (χ1n) is 8.85. The molecule has 132 valence electrons. The fraction of sp³-hybridized carbons (Fsp3) is 0.474. The van der Waals surface area contributed by atoms with Crippen molar-refractivity contribution in [2.75, 3.05) is 13.1 Å². The van der Waals surface area contributed by atoms with Crippen molar-refractivity contribution in [2.24, 2.45) is 5.92 Å². The van der Waals surface area contributed by atoms with E-state index in [4.69, 9.17) is 9.15 Å². The van der Waals surface area contributed by atoms with Crippen LogP contribution in [-0.2, 0) is 0 Å². The van der Waals surface area contributed by atoms with Crippen LogP contribution in [0.3, 0.4) is 0 Å². The summed E-state index contributed by atoms with van der Waals surface area (Å²) in [5, 5.41) is 3.24. The second-order valence-corrected chi connectivity index (χ2v) is 6.99.